The summed E-state index contributed by atoms with van der Waals surface area (Å²) in [4.78, 5) is 23.7. The van der Waals surface area contributed by atoms with E-state index in [4.69, 9.17) is 9.72 Å². The number of anilines is 1. The van der Waals surface area contributed by atoms with Gasteiger partial charge in [0.25, 0.3) is 0 Å². The lowest BCUT2D eigenvalue weighted by atomic mass is 9.50. The second kappa shape index (κ2) is 8.49. The summed E-state index contributed by atoms with van der Waals surface area (Å²) in [6.45, 7) is 9.56. The Balaban J connectivity index is 1.66. The van der Waals surface area contributed by atoms with Gasteiger partial charge in [-0.1, -0.05) is 45.4 Å². The molecule has 0 bridgehead atoms. The van der Waals surface area contributed by atoms with Crippen LogP contribution in [0.1, 0.15) is 80.4 Å². The molecule has 1 saturated carbocycles. The fraction of sp³-hybridized carbons (Fsp3) is 0.464. The first-order valence-corrected chi connectivity index (χ1v) is 13.0. The molecule has 178 valence electrons. The van der Waals surface area contributed by atoms with E-state index in [9.17, 15) is 4.79 Å². The zero-order chi connectivity index (χ0) is 24.1. The number of nitrogens with zero attached hydrogens (tertiary/aromatic N) is 2. The first-order chi connectivity index (χ1) is 16.3. The summed E-state index contributed by atoms with van der Waals surface area (Å²) in [5.41, 5.74) is 5.25. The number of benzene rings is 1. The summed E-state index contributed by atoms with van der Waals surface area (Å²) < 4.78 is 5.38. The molecule has 0 saturated heterocycles. The SMILES string of the molecule is COC(=O)[C@]1(C)CCC[C@]2(C)c3ccc(C(C)C)cc3-c3nc(NCc4cccnc4)sc3C12. The molecule has 0 radical (unpaired) electrons. The van der Waals surface area contributed by atoms with Crippen molar-refractivity contribution in [1.82, 2.24) is 9.97 Å². The summed E-state index contributed by atoms with van der Waals surface area (Å²) in [6, 6.07) is 10.9. The Morgan fingerprint density at radius 3 is 2.79 bits per heavy atom. The second-order valence-electron chi connectivity index (χ2n) is 10.5. The maximum Gasteiger partial charge on any atom is 0.312 e. The van der Waals surface area contributed by atoms with Gasteiger partial charge in [-0.2, -0.15) is 0 Å². The molecule has 1 unspecified atom stereocenters. The van der Waals surface area contributed by atoms with Crippen LogP contribution in [0, 0.1) is 5.41 Å². The molecule has 2 aromatic heterocycles. The van der Waals surface area contributed by atoms with Gasteiger partial charge in [0.05, 0.1) is 18.2 Å². The molecule has 34 heavy (non-hydrogen) atoms. The zero-order valence-electron chi connectivity index (χ0n) is 20.6. The van der Waals surface area contributed by atoms with E-state index in [0.717, 1.165) is 35.7 Å². The van der Waals surface area contributed by atoms with Gasteiger partial charge in [-0.25, -0.2) is 4.98 Å². The van der Waals surface area contributed by atoms with Crippen LogP contribution >= 0.6 is 11.3 Å². The molecule has 1 fully saturated rings. The number of rotatable bonds is 5. The molecule has 0 aliphatic heterocycles. The highest BCUT2D eigenvalue weighted by Gasteiger charge is 2.58. The topological polar surface area (TPSA) is 64.1 Å². The number of ether oxygens (including phenoxy) is 1. The van der Waals surface area contributed by atoms with Crippen molar-refractivity contribution in [2.75, 3.05) is 12.4 Å². The number of carbonyl (C=O) groups is 1. The minimum absolute atomic E-state index is 0.0278. The summed E-state index contributed by atoms with van der Waals surface area (Å²) in [7, 11) is 1.51. The largest absolute Gasteiger partial charge is 0.469 e. The van der Waals surface area contributed by atoms with E-state index < -0.39 is 5.41 Å². The molecule has 6 heteroatoms. The van der Waals surface area contributed by atoms with Crippen LogP contribution in [0.25, 0.3) is 11.3 Å². The number of hydrogen-bond acceptors (Lipinski definition) is 6. The zero-order valence-corrected chi connectivity index (χ0v) is 21.5. The Hall–Kier alpha value is -2.73. The van der Waals surface area contributed by atoms with Crippen LogP contribution in [0.5, 0.6) is 0 Å². The Morgan fingerprint density at radius 2 is 2.09 bits per heavy atom. The van der Waals surface area contributed by atoms with Crippen molar-refractivity contribution in [1.29, 1.82) is 0 Å². The molecule has 2 aliphatic rings. The fourth-order valence-corrected chi connectivity index (χ4v) is 7.61. The van der Waals surface area contributed by atoms with Crippen LogP contribution in [0.2, 0.25) is 0 Å². The standard InChI is InChI=1S/C28H33N3O2S/c1-17(2)19-9-10-21-20(14-19)22-23(34-26(31-22)30-16-18-8-6-13-29-15-18)24-27(21,3)11-7-12-28(24,4)25(32)33-5/h6,8-10,13-15,17,24H,7,11-12,16H2,1-5H3,(H,30,31)/t24?,27-,28-/m1/s1. The van der Waals surface area contributed by atoms with E-state index >= 15 is 0 Å². The molecule has 2 heterocycles. The summed E-state index contributed by atoms with van der Waals surface area (Å²) in [5, 5.41) is 4.40. The molecule has 2 aliphatic carbocycles. The third-order valence-corrected chi connectivity index (χ3v) is 9.06. The van der Waals surface area contributed by atoms with Crippen molar-refractivity contribution >= 4 is 22.4 Å². The van der Waals surface area contributed by atoms with Crippen molar-refractivity contribution in [3.8, 4) is 11.3 Å². The van der Waals surface area contributed by atoms with E-state index in [1.54, 1.807) is 17.5 Å². The van der Waals surface area contributed by atoms with Crippen LogP contribution in [0.15, 0.2) is 42.7 Å². The summed E-state index contributed by atoms with van der Waals surface area (Å²) in [6.07, 6.45) is 6.54. The summed E-state index contributed by atoms with van der Waals surface area (Å²) >= 11 is 1.70. The van der Waals surface area contributed by atoms with Crippen LogP contribution in [0.3, 0.4) is 0 Å². The maximum atomic E-state index is 13.2. The molecular weight excluding hydrogens is 442 g/mol. The molecule has 3 atom stereocenters. The Labute approximate surface area is 206 Å². The van der Waals surface area contributed by atoms with Crippen molar-refractivity contribution in [3.05, 3.63) is 64.3 Å². The number of esters is 1. The maximum absolute atomic E-state index is 13.2. The second-order valence-corrected chi connectivity index (χ2v) is 11.6. The first kappa shape index (κ1) is 23.0. The van der Waals surface area contributed by atoms with Gasteiger partial charge in [0.15, 0.2) is 5.13 Å². The Bertz CT molecular complexity index is 1220. The van der Waals surface area contributed by atoms with Gasteiger partial charge in [-0.3, -0.25) is 9.78 Å². The minimum atomic E-state index is -0.585. The number of fused-ring (bicyclic) bond motifs is 6. The Morgan fingerprint density at radius 1 is 1.26 bits per heavy atom. The molecule has 0 spiro atoms. The smallest absolute Gasteiger partial charge is 0.312 e. The number of thiazole rings is 1. The van der Waals surface area contributed by atoms with E-state index in [-0.39, 0.29) is 17.3 Å². The average Bonchev–Trinajstić information content (AvgIpc) is 3.26. The van der Waals surface area contributed by atoms with Crippen LogP contribution in [-0.4, -0.2) is 23.0 Å². The van der Waals surface area contributed by atoms with Crippen LogP contribution in [-0.2, 0) is 21.5 Å². The highest BCUT2D eigenvalue weighted by Crippen LogP contribution is 2.64. The number of methoxy groups -OCH3 is 1. The monoisotopic (exact) mass is 475 g/mol. The van der Waals surface area contributed by atoms with Gasteiger partial charge in [0.1, 0.15) is 0 Å². The molecule has 1 aromatic carbocycles. The lowest BCUT2D eigenvalue weighted by Crippen LogP contribution is -2.50. The quantitative estimate of drug-likeness (QED) is 0.418. The average molecular weight is 476 g/mol. The van der Waals surface area contributed by atoms with Crippen molar-refractivity contribution < 1.29 is 9.53 Å². The van der Waals surface area contributed by atoms with Gasteiger partial charge >= 0.3 is 5.97 Å². The molecule has 5 nitrogen and oxygen atoms in total. The van der Waals surface area contributed by atoms with Gasteiger partial charge in [-0.15, -0.1) is 11.3 Å². The summed E-state index contributed by atoms with van der Waals surface area (Å²) in [5.74, 6) is 0.350. The van der Waals surface area contributed by atoms with Crippen LogP contribution < -0.4 is 5.32 Å². The first-order valence-electron chi connectivity index (χ1n) is 12.1. The van der Waals surface area contributed by atoms with Crippen molar-refractivity contribution in [2.45, 2.75) is 70.8 Å². The van der Waals surface area contributed by atoms with Gasteiger partial charge in [-0.05, 0) is 54.5 Å². The molecule has 3 aromatic rings. The molecule has 5 rings (SSSR count). The highest BCUT2D eigenvalue weighted by atomic mass is 32.1. The van der Waals surface area contributed by atoms with E-state index in [1.165, 1.54) is 28.7 Å². The lowest BCUT2D eigenvalue weighted by Gasteiger charge is -2.53. The van der Waals surface area contributed by atoms with E-state index in [2.05, 4.69) is 62.3 Å². The van der Waals surface area contributed by atoms with Gasteiger partial charge in [0.2, 0.25) is 0 Å². The highest BCUT2D eigenvalue weighted by molar-refractivity contribution is 7.16. The van der Waals surface area contributed by atoms with Crippen molar-refractivity contribution in [3.63, 3.8) is 0 Å². The molecular formula is C28H33N3O2S. The number of hydrogen-bond donors (Lipinski definition) is 1. The number of pyridine rings is 1. The molecule has 1 N–H and O–H groups in total. The van der Waals surface area contributed by atoms with Crippen molar-refractivity contribution in [2.24, 2.45) is 5.41 Å². The van der Waals surface area contributed by atoms with Crippen LogP contribution in [0.4, 0.5) is 5.13 Å². The van der Waals surface area contributed by atoms with E-state index in [1.807, 2.05) is 12.3 Å². The normalized spacial score (nSPS) is 25.3. The third kappa shape index (κ3) is 3.54. The molecule has 0 amide bonds. The minimum Gasteiger partial charge on any atom is -0.469 e. The van der Waals surface area contributed by atoms with Gasteiger partial charge in [0, 0.05) is 40.7 Å². The lowest BCUT2D eigenvalue weighted by molar-refractivity contribution is -0.157. The number of aromatic nitrogens is 2. The number of carbonyl (C=O) groups excluding carboxylic acids is 1. The predicted octanol–water partition coefficient (Wildman–Crippen LogP) is 6.66. The number of nitrogens with one attached hydrogen (secondary N) is 1. The third-order valence-electron chi connectivity index (χ3n) is 7.98. The Kier molecular flexibility index (Phi) is 5.75. The van der Waals surface area contributed by atoms with Gasteiger partial charge < -0.3 is 10.1 Å². The fourth-order valence-electron chi connectivity index (χ4n) is 6.23. The predicted molar refractivity (Wildman–Crippen MR) is 137 cm³/mol. The van der Waals surface area contributed by atoms with E-state index in [0.29, 0.717) is 12.5 Å².